The van der Waals surface area contributed by atoms with E-state index in [1.807, 2.05) is 18.3 Å². The molecule has 46 heavy (non-hydrogen) atoms. The first-order valence-corrected chi connectivity index (χ1v) is 15.7. The highest BCUT2D eigenvalue weighted by molar-refractivity contribution is 5.99. The molecule has 0 saturated carbocycles. The summed E-state index contributed by atoms with van der Waals surface area (Å²) < 4.78 is 0. The summed E-state index contributed by atoms with van der Waals surface area (Å²) in [6, 6.07) is 46.9. The summed E-state index contributed by atoms with van der Waals surface area (Å²) in [6.45, 7) is 9.11. The normalized spacial score (nSPS) is 17.0. The number of hydrogen-bond donors (Lipinski definition) is 0. The van der Waals surface area contributed by atoms with Crippen LogP contribution in [0.2, 0.25) is 0 Å². The van der Waals surface area contributed by atoms with Crippen molar-refractivity contribution >= 4 is 22.8 Å². The van der Waals surface area contributed by atoms with Gasteiger partial charge in [-0.15, -0.1) is 0 Å². The zero-order valence-corrected chi connectivity index (χ0v) is 26.0. The zero-order valence-electron chi connectivity index (χ0n) is 26.0. The van der Waals surface area contributed by atoms with Crippen molar-refractivity contribution in [3.05, 3.63) is 181 Å². The third-order valence-corrected chi connectivity index (χ3v) is 9.28. The smallest absolute Gasteiger partial charge is 0.234 e. The molecular weight excluding hydrogens is 558 g/mol. The number of fused-ring (bicyclic) bond motifs is 4. The highest BCUT2D eigenvalue weighted by Gasteiger charge is 2.39. The number of rotatable bonds is 4. The molecule has 3 nitrogen and oxygen atoms in total. The lowest BCUT2D eigenvalue weighted by molar-refractivity contribution is 0.658. The minimum Gasteiger partial charge on any atom is -0.285 e. The van der Waals surface area contributed by atoms with Gasteiger partial charge in [-0.2, -0.15) is 0 Å². The van der Waals surface area contributed by atoms with E-state index in [1.54, 1.807) is 0 Å². The Morgan fingerprint density at radius 3 is 2.04 bits per heavy atom. The van der Waals surface area contributed by atoms with Crippen molar-refractivity contribution in [2.75, 3.05) is 4.90 Å². The van der Waals surface area contributed by atoms with Gasteiger partial charge < -0.3 is 0 Å². The van der Waals surface area contributed by atoms with E-state index >= 15 is 0 Å². The van der Waals surface area contributed by atoms with E-state index in [9.17, 15) is 0 Å². The van der Waals surface area contributed by atoms with Gasteiger partial charge in [0.2, 0.25) is 5.95 Å². The van der Waals surface area contributed by atoms with Gasteiger partial charge in [0.25, 0.3) is 0 Å². The molecule has 0 N–H and O–H groups in total. The number of anilines is 2. The highest BCUT2D eigenvalue weighted by atomic mass is 15.2. The lowest BCUT2D eigenvalue weighted by Crippen LogP contribution is -2.21. The molecule has 8 rings (SSSR count). The van der Waals surface area contributed by atoms with Crippen molar-refractivity contribution in [1.29, 1.82) is 0 Å². The first-order valence-electron chi connectivity index (χ1n) is 15.7. The van der Waals surface area contributed by atoms with Crippen molar-refractivity contribution in [2.24, 2.45) is 0 Å². The van der Waals surface area contributed by atoms with Crippen molar-refractivity contribution < 1.29 is 0 Å². The van der Waals surface area contributed by atoms with Crippen LogP contribution < -0.4 is 4.90 Å². The Morgan fingerprint density at radius 2 is 1.24 bits per heavy atom. The lowest BCUT2D eigenvalue weighted by atomic mass is 9.82. The summed E-state index contributed by atoms with van der Waals surface area (Å²) in [5.74, 6) is 0.621. The third kappa shape index (κ3) is 4.69. The van der Waals surface area contributed by atoms with Gasteiger partial charge in [0.15, 0.2) is 0 Å². The van der Waals surface area contributed by atoms with Gasteiger partial charge in [0.05, 0.1) is 11.4 Å². The minimum absolute atomic E-state index is 0.199. The Bertz CT molecular complexity index is 2190. The van der Waals surface area contributed by atoms with Gasteiger partial charge in [-0.1, -0.05) is 136 Å². The second kappa shape index (κ2) is 11.0. The molecule has 0 bridgehead atoms. The monoisotopic (exact) mass is 591 g/mol. The third-order valence-electron chi connectivity index (χ3n) is 9.28. The maximum Gasteiger partial charge on any atom is 0.234 e. The molecule has 1 aromatic heterocycles. The van der Waals surface area contributed by atoms with Gasteiger partial charge in [-0.05, 0) is 74.4 Å². The van der Waals surface area contributed by atoms with Crippen LogP contribution in [0.3, 0.4) is 0 Å². The van der Waals surface area contributed by atoms with Crippen LogP contribution in [0.5, 0.6) is 0 Å². The molecule has 0 atom stereocenters. The molecule has 0 unspecified atom stereocenters. The molecule has 2 heterocycles. The summed E-state index contributed by atoms with van der Waals surface area (Å²) in [5.41, 5.74) is 14.5. The van der Waals surface area contributed by atoms with Crippen molar-refractivity contribution in [1.82, 2.24) is 9.97 Å². The molecular formula is C43H33N3. The quantitative estimate of drug-likeness (QED) is 0.204. The fourth-order valence-corrected chi connectivity index (χ4v) is 6.82. The van der Waals surface area contributed by atoms with Gasteiger partial charge in [-0.25, -0.2) is 9.97 Å². The second-order valence-corrected chi connectivity index (χ2v) is 12.4. The van der Waals surface area contributed by atoms with Gasteiger partial charge in [0.1, 0.15) is 0 Å². The van der Waals surface area contributed by atoms with E-state index in [0.29, 0.717) is 5.95 Å². The van der Waals surface area contributed by atoms with Crippen LogP contribution in [0, 0.1) is 0 Å². The highest BCUT2D eigenvalue weighted by Crippen LogP contribution is 2.52. The van der Waals surface area contributed by atoms with E-state index < -0.39 is 0 Å². The molecule has 0 fully saturated rings. The summed E-state index contributed by atoms with van der Waals surface area (Å²) in [7, 11) is 0. The largest absolute Gasteiger partial charge is 0.285 e. The van der Waals surface area contributed by atoms with Crippen LogP contribution in [0.25, 0.3) is 44.7 Å². The van der Waals surface area contributed by atoms with Crippen molar-refractivity contribution in [2.45, 2.75) is 19.3 Å². The first kappa shape index (κ1) is 27.7. The number of nitrogens with zero attached hydrogens (tertiary/aromatic N) is 3. The van der Waals surface area contributed by atoms with Gasteiger partial charge in [0, 0.05) is 28.9 Å². The Labute approximate surface area is 270 Å². The molecule has 3 heteroatoms. The van der Waals surface area contributed by atoms with Crippen LogP contribution in [0.15, 0.2) is 164 Å². The zero-order chi connectivity index (χ0) is 31.3. The molecule has 2 aliphatic rings. The van der Waals surface area contributed by atoms with E-state index in [2.05, 4.69) is 159 Å². The van der Waals surface area contributed by atoms with E-state index in [0.717, 1.165) is 33.6 Å². The molecule has 220 valence electrons. The van der Waals surface area contributed by atoms with Crippen molar-refractivity contribution in [3.8, 4) is 33.5 Å². The van der Waals surface area contributed by atoms with E-state index in [4.69, 9.17) is 9.97 Å². The van der Waals surface area contributed by atoms with Gasteiger partial charge in [-0.3, -0.25) is 4.90 Å². The number of benzene rings is 5. The standard InChI is InChI=1S/C43H33N3/c1-29-26-37-36-17-7-9-18-38(36)43(2,3)39(37)28-46(41-19-10-8-16-35(29)41)42-44-25-24-40(45-42)34-15-11-14-33(27-34)32-22-20-31(21-23-32)30-12-5-4-6-13-30/h4-28H,1H2,2-3H3/b37-26-,39-28+. The number of para-hydroxylation sites is 1. The molecule has 5 aromatic carbocycles. The molecule has 0 spiro atoms. The summed E-state index contributed by atoms with van der Waals surface area (Å²) in [5, 5.41) is 0. The fraction of sp³-hybridized carbons (Fsp3) is 0.0698. The maximum absolute atomic E-state index is 5.18. The molecule has 0 radical (unpaired) electrons. The molecule has 1 aliphatic heterocycles. The van der Waals surface area contributed by atoms with Crippen LogP contribution >= 0.6 is 0 Å². The van der Waals surface area contributed by atoms with Crippen LogP contribution in [0.4, 0.5) is 11.6 Å². The topological polar surface area (TPSA) is 29.0 Å². The SMILES string of the molecule is C=C1/C=C2\C(=C/N(c3nccc(-c4cccc(-c5ccc(-c6ccccc6)cc5)c4)n3)c3ccccc31)C(C)(C)c1ccccc12. The predicted molar refractivity (Wildman–Crippen MR) is 191 cm³/mol. The second-order valence-electron chi connectivity index (χ2n) is 12.4. The molecule has 6 aromatic rings. The number of allylic oxidation sites excluding steroid dienone is 4. The Hall–Kier alpha value is -5.80. The van der Waals surface area contributed by atoms with Gasteiger partial charge >= 0.3 is 0 Å². The minimum atomic E-state index is -0.199. The summed E-state index contributed by atoms with van der Waals surface area (Å²) in [6.07, 6.45) is 6.34. The van der Waals surface area contributed by atoms with E-state index in [-0.39, 0.29) is 5.41 Å². The molecule has 0 amide bonds. The molecule has 1 aliphatic carbocycles. The van der Waals surface area contributed by atoms with E-state index in [1.165, 1.54) is 39.0 Å². The van der Waals surface area contributed by atoms with Crippen LogP contribution in [-0.2, 0) is 5.41 Å². The van der Waals surface area contributed by atoms with Crippen LogP contribution in [-0.4, -0.2) is 9.97 Å². The number of aromatic nitrogens is 2. The average molecular weight is 592 g/mol. The van der Waals surface area contributed by atoms with Crippen molar-refractivity contribution in [3.63, 3.8) is 0 Å². The number of hydrogen-bond acceptors (Lipinski definition) is 3. The maximum atomic E-state index is 5.18. The van der Waals surface area contributed by atoms with Crippen LogP contribution in [0.1, 0.15) is 30.5 Å². The summed E-state index contributed by atoms with van der Waals surface area (Å²) in [4.78, 5) is 12.2. The fourth-order valence-electron chi connectivity index (χ4n) is 6.82. The Balaban J connectivity index is 1.21. The lowest BCUT2D eigenvalue weighted by Gasteiger charge is -2.29. The first-order chi connectivity index (χ1) is 22.5. The molecule has 0 saturated heterocycles. The predicted octanol–water partition coefficient (Wildman–Crippen LogP) is 10.9. The summed E-state index contributed by atoms with van der Waals surface area (Å²) >= 11 is 0. The average Bonchev–Trinajstić information content (AvgIpc) is 3.31. The Morgan fingerprint density at radius 1 is 0.609 bits per heavy atom. The Kier molecular flexibility index (Phi) is 6.61.